The van der Waals surface area contributed by atoms with Crippen LogP contribution in [0.25, 0.3) is 17.0 Å². The fraction of sp³-hybridized carbons (Fsp3) is 0.421. The Kier molecular flexibility index (Phi) is 4.71. The van der Waals surface area contributed by atoms with Gasteiger partial charge in [0.1, 0.15) is 17.9 Å². The summed E-state index contributed by atoms with van der Waals surface area (Å²) >= 11 is 0. The number of fused-ring (bicyclic) bond motifs is 1. The minimum atomic E-state index is 0.566. The van der Waals surface area contributed by atoms with Gasteiger partial charge in [-0.05, 0) is 50.2 Å². The van der Waals surface area contributed by atoms with E-state index in [0.717, 1.165) is 35.9 Å². The number of anilines is 1. The predicted molar refractivity (Wildman–Crippen MR) is 102 cm³/mol. The number of benzene rings is 1. The molecule has 1 N–H and O–H groups in total. The molecule has 2 aromatic heterocycles. The van der Waals surface area contributed by atoms with E-state index < -0.39 is 0 Å². The molecule has 0 radical (unpaired) electrons. The molecule has 0 bridgehead atoms. The van der Waals surface area contributed by atoms with Crippen molar-refractivity contribution in [3.8, 4) is 17.0 Å². The van der Waals surface area contributed by atoms with Crippen molar-refractivity contribution in [2.75, 3.05) is 32.1 Å². The third kappa shape index (κ3) is 3.22. The molecular formula is C19H24N6O. The first kappa shape index (κ1) is 16.8. The minimum absolute atomic E-state index is 0.566. The average molecular weight is 352 g/mol. The molecular weight excluding hydrogens is 328 g/mol. The van der Waals surface area contributed by atoms with Crippen LogP contribution in [0.2, 0.25) is 0 Å². The van der Waals surface area contributed by atoms with Crippen LogP contribution in [0.5, 0.6) is 5.75 Å². The van der Waals surface area contributed by atoms with E-state index in [1.54, 1.807) is 18.0 Å². The van der Waals surface area contributed by atoms with Gasteiger partial charge in [-0.3, -0.25) is 4.90 Å². The van der Waals surface area contributed by atoms with E-state index in [9.17, 15) is 0 Å². The maximum absolute atomic E-state index is 5.24. The van der Waals surface area contributed by atoms with E-state index in [4.69, 9.17) is 4.74 Å². The number of nitrogens with zero attached hydrogens (tertiary/aromatic N) is 5. The lowest BCUT2D eigenvalue weighted by atomic mass is 10.1. The Morgan fingerprint density at radius 1 is 1.27 bits per heavy atom. The zero-order valence-corrected chi connectivity index (χ0v) is 15.2. The van der Waals surface area contributed by atoms with Crippen LogP contribution in [0.1, 0.15) is 19.8 Å². The molecule has 3 heterocycles. The van der Waals surface area contributed by atoms with Crippen molar-refractivity contribution in [1.29, 1.82) is 0 Å². The summed E-state index contributed by atoms with van der Waals surface area (Å²) in [5.74, 6) is 2.34. The highest BCUT2D eigenvalue weighted by molar-refractivity contribution is 5.65. The maximum Gasteiger partial charge on any atom is 0.254 e. The molecule has 1 fully saturated rings. The van der Waals surface area contributed by atoms with Crippen molar-refractivity contribution >= 4 is 11.6 Å². The second-order valence-electron chi connectivity index (χ2n) is 6.53. The van der Waals surface area contributed by atoms with E-state index in [-0.39, 0.29) is 0 Å². The van der Waals surface area contributed by atoms with E-state index in [0.29, 0.717) is 11.8 Å². The Morgan fingerprint density at radius 2 is 2.12 bits per heavy atom. The van der Waals surface area contributed by atoms with Crippen LogP contribution < -0.4 is 10.1 Å². The van der Waals surface area contributed by atoms with Crippen LogP contribution in [0.15, 0.2) is 36.7 Å². The Labute approximate surface area is 153 Å². The summed E-state index contributed by atoms with van der Waals surface area (Å²) in [6.45, 7) is 5.41. The van der Waals surface area contributed by atoms with Gasteiger partial charge < -0.3 is 10.1 Å². The van der Waals surface area contributed by atoms with Crippen LogP contribution in [0.3, 0.4) is 0 Å². The zero-order valence-electron chi connectivity index (χ0n) is 15.2. The average Bonchev–Trinajstić information content (AvgIpc) is 3.34. The number of rotatable bonds is 6. The third-order valence-electron chi connectivity index (χ3n) is 5.06. The van der Waals surface area contributed by atoms with Crippen molar-refractivity contribution in [1.82, 2.24) is 24.5 Å². The van der Waals surface area contributed by atoms with Gasteiger partial charge >= 0.3 is 0 Å². The second-order valence-corrected chi connectivity index (χ2v) is 6.53. The summed E-state index contributed by atoms with van der Waals surface area (Å²) in [7, 11) is 1.67. The number of aromatic nitrogens is 4. The van der Waals surface area contributed by atoms with Crippen LogP contribution in [0, 0.1) is 0 Å². The Bertz CT molecular complexity index is 875. The SMILES string of the molecule is CCN1CCCC1CNc1cc(-c2ccc(OC)cc2)nc2ncnn12. The molecule has 0 amide bonds. The first-order valence-electron chi connectivity index (χ1n) is 9.11. The molecule has 0 aliphatic carbocycles. The summed E-state index contributed by atoms with van der Waals surface area (Å²) in [5.41, 5.74) is 1.89. The monoisotopic (exact) mass is 352 g/mol. The predicted octanol–water partition coefficient (Wildman–Crippen LogP) is 2.70. The highest BCUT2D eigenvalue weighted by atomic mass is 16.5. The van der Waals surface area contributed by atoms with Gasteiger partial charge in [0.05, 0.1) is 12.8 Å². The molecule has 1 saturated heterocycles. The van der Waals surface area contributed by atoms with E-state index in [1.165, 1.54) is 19.4 Å². The Hall–Kier alpha value is -2.67. The normalized spacial score (nSPS) is 17.7. The van der Waals surface area contributed by atoms with Gasteiger partial charge in [0, 0.05) is 24.2 Å². The standard InChI is InChI=1S/C19H24N6O/c1-3-24-10-4-5-15(24)12-20-18-11-17(23-19-21-13-22-25(18)19)14-6-8-16(26-2)9-7-14/h6-9,11,13,15,20H,3-5,10,12H2,1-2H3. The van der Waals surface area contributed by atoms with Crippen LogP contribution in [-0.4, -0.2) is 57.3 Å². The summed E-state index contributed by atoms with van der Waals surface area (Å²) in [6, 6.07) is 10.5. The molecule has 3 aromatic rings. The first-order chi connectivity index (χ1) is 12.8. The molecule has 26 heavy (non-hydrogen) atoms. The van der Waals surface area contributed by atoms with Gasteiger partial charge in [0.15, 0.2) is 0 Å². The van der Waals surface area contributed by atoms with Gasteiger partial charge in [-0.15, -0.1) is 0 Å². The van der Waals surface area contributed by atoms with E-state index >= 15 is 0 Å². The smallest absolute Gasteiger partial charge is 0.254 e. The van der Waals surface area contributed by atoms with Crippen molar-refractivity contribution in [2.24, 2.45) is 0 Å². The molecule has 7 nitrogen and oxygen atoms in total. The Balaban J connectivity index is 1.62. The lowest BCUT2D eigenvalue weighted by molar-refractivity contribution is 0.277. The van der Waals surface area contributed by atoms with Crippen LogP contribution in [0.4, 0.5) is 5.82 Å². The number of ether oxygens (including phenoxy) is 1. The highest BCUT2D eigenvalue weighted by Gasteiger charge is 2.23. The van der Waals surface area contributed by atoms with E-state index in [1.807, 2.05) is 30.3 Å². The Morgan fingerprint density at radius 3 is 2.88 bits per heavy atom. The first-order valence-corrected chi connectivity index (χ1v) is 9.11. The van der Waals surface area contributed by atoms with Gasteiger partial charge in [-0.2, -0.15) is 14.6 Å². The molecule has 1 aromatic carbocycles. The molecule has 136 valence electrons. The molecule has 4 rings (SSSR count). The van der Waals surface area contributed by atoms with Crippen molar-refractivity contribution in [3.63, 3.8) is 0 Å². The summed E-state index contributed by atoms with van der Waals surface area (Å²) < 4.78 is 7.00. The topological polar surface area (TPSA) is 67.6 Å². The number of likely N-dealkylation sites (N-methyl/N-ethyl adjacent to an activating group) is 1. The lowest BCUT2D eigenvalue weighted by Gasteiger charge is -2.23. The number of hydrogen-bond acceptors (Lipinski definition) is 6. The number of likely N-dealkylation sites (tertiary alicyclic amines) is 1. The summed E-state index contributed by atoms with van der Waals surface area (Å²) in [4.78, 5) is 11.4. The zero-order chi connectivity index (χ0) is 17.9. The lowest BCUT2D eigenvalue weighted by Crippen LogP contribution is -2.35. The summed E-state index contributed by atoms with van der Waals surface area (Å²) in [6.07, 6.45) is 4.04. The quantitative estimate of drug-likeness (QED) is 0.736. The number of hydrogen-bond donors (Lipinski definition) is 1. The van der Waals surface area contributed by atoms with Crippen molar-refractivity contribution in [3.05, 3.63) is 36.7 Å². The van der Waals surface area contributed by atoms with Crippen LogP contribution >= 0.6 is 0 Å². The van der Waals surface area contributed by atoms with Crippen molar-refractivity contribution < 1.29 is 4.74 Å². The highest BCUT2D eigenvalue weighted by Crippen LogP contribution is 2.24. The molecule has 7 heteroatoms. The molecule has 0 spiro atoms. The van der Waals surface area contributed by atoms with Crippen LogP contribution in [-0.2, 0) is 0 Å². The number of methoxy groups -OCH3 is 1. The molecule has 1 aliphatic rings. The van der Waals surface area contributed by atoms with Gasteiger partial charge in [-0.25, -0.2) is 4.98 Å². The largest absolute Gasteiger partial charge is 0.497 e. The second kappa shape index (κ2) is 7.29. The van der Waals surface area contributed by atoms with E-state index in [2.05, 4.69) is 32.2 Å². The van der Waals surface area contributed by atoms with Crippen molar-refractivity contribution in [2.45, 2.75) is 25.8 Å². The fourth-order valence-corrected chi connectivity index (χ4v) is 3.61. The molecule has 1 aliphatic heterocycles. The maximum atomic E-state index is 5.24. The fourth-order valence-electron chi connectivity index (χ4n) is 3.61. The third-order valence-corrected chi connectivity index (χ3v) is 5.06. The van der Waals surface area contributed by atoms with Gasteiger partial charge in [0.2, 0.25) is 0 Å². The molecule has 1 atom stereocenters. The summed E-state index contributed by atoms with van der Waals surface area (Å²) in [5, 5.41) is 7.88. The minimum Gasteiger partial charge on any atom is -0.497 e. The van der Waals surface area contributed by atoms with Gasteiger partial charge in [-0.1, -0.05) is 6.92 Å². The molecule has 0 saturated carbocycles. The molecule has 1 unspecified atom stereocenters. The van der Waals surface area contributed by atoms with Gasteiger partial charge in [0.25, 0.3) is 5.78 Å². The number of nitrogens with one attached hydrogen (secondary N) is 1.